The number of halogens is 2. The number of fused-ring (bicyclic) bond motifs is 1. The van der Waals surface area contributed by atoms with Crippen LogP contribution in [0, 0.1) is 11.7 Å². The van der Waals surface area contributed by atoms with E-state index in [1.54, 1.807) is 45.0 Å². The fourth-order valence-electron chi connectivity index (χ4n) is 3.96. The number of nitrogens with zero attached hydrogens (tertiary/aromatic N) is 1. The molecule has 0 saturated heterocycles. The Kier molecular flexibility index (Phi) is 8.88. The van der Waals surface area contributed by atoms with Crippen LogP contribution in [0.2, 0.25) is 5.02 Å². The molecule has 11 heteroatoms. The van der Waals surface area contributed by atoms with Crippen LogP contribution >= 0.6 is 11.6 Å². The highest BCUT2D eigenvalue weighted by Gasteiger charge is 2.40. The van der Waals surface area contributed by atoms with Gasteiger partial charge >= 0.3 is 6.09 Å². The number of hydrogen-bond donors (Lipinski definition) is 1. The average molecular weight is 567 g/mol. The molecule has 0 saturated carbocycles. The Bertz CT molecular complexity index is 1340. The lowest BCUT2D eigenvalue weighted by atomic mass is 9.97. The summed E-state index contributed by atoms with van der Waals surface area (Å²) in [5, 5.41) is 2.81. The third kappa shape index (κ3) is 7.11. The first-order valence-electron chi connectivity index (χ1n) is 12.3. The zero-order valence-electron chi connectivity index (χ0n) is 22.0. The number of ketones is 1. The number of carbonyl (C=O) groups is 3. The lowest BCUT2D eigenvalue weighted by Gasteiger charge is -2.27. The molecule has 3 rings (SSSR count). The van der Waals surface area contributed by atoms with Gasteiger partial charge in [-0.2, -0.15) is 0 Å². The normalized spacial score (nSPS) is 17.8. The summed E-state index contributed by atoms with van der Waals surface area (Å²) in [7, 11) is -4.28. The van der Waals surface area contributed by atoms with Gasteiger partial charge in [-0.1, -0.05) is 44.0 Å². The molecule has 1 heterocycles. The Balaban J connectivity index is 2.14. The van der Waals surface area contributed by atoms with Crippen LogP contribution in [-0.2, 0) is 25.9 Å². The quantitative estimate of drug-likeness (QED) is 0.455. The molecule has 1 unspecified atom stereocenters. The fraction of sp³-hybridized carbons (Fsp3) is 0.444. The summed E-state index contributed by atoms with van der Waals surface area (Å²) in [6.45, 7) is 8.52. The summed E-state index contributed by atoms with van der Waals surface area (Å²) in [5.74, 6) is -3.06. The van der Waals surface area contributed by atoms with Crippen molar-refractivity contribution in [3.63, 3.8) is 0 Å². The molecule has 1 aliphatic rings. The van der Waals surface area contributed by atoms with Crippen LogP contribution in [-0.4, -0.2) is 43.6 Å². The van der Waals surface area contributed by atoms with Gasteiger partial charge in [0.1, 0.15) is 17.5 Å². The molecule has 2 atom stereocenters. The maximum Gasteiger partial charge on any atom is 0.408 e. The molecule has 2 aromatic carbocycles. The van der Waals surface area contributed by atoms with E-state index in [1.165, 1.54) is 0 Å². The Labute approximate surface area is 227 Å². The zero-order valence-corrected chi connectivity index (χ0v) is 23.6. The number of hydrogen-bond acceptors (Lipinski definition) is 6. The highest BCUT2D eigenvalue weighted by atomic mass is 35.5. The molecule has 1 aliphatic heterocycles. The van der Waals surface area contributed by atoms with Crippen LogP contribution in [0.25, 0.3) is 0 Å². The molecule has 0 bridgehead atoms. The maximum atomic E-state index is 15.2. The molecule has 2 aromatic rings. The van der Waals surface area contributed by atoms with Gasteiger partial charge in [-0.3, -0.25) is 9.59 Å². The van der Waals surface area contributed by atoms with Gasteiger partial charge in [0.2, 0.25) is 0 Å². The molecule has 1 N–H and O–H groups in total. The van der Waals surface area contributed by atoms with Crippen molar-refractivity contribution in [1.29, 1.82) is 0 Å². The van der Waals surface area contributed by atoms with Crippen LogP contribution in [0.1, 0.15) is 63.4 Å². The van der Waals surface area contributed by atoms with Crippen molar-refractivity contribution < 1.29 is 31.9 Å². The highest BCUT2D eigenvalue weighted by molar-refractivity contribution is 7.91. The average Bonchev–Trinajstić information content (AvgIpc) is 2.87. The molecular weight excluding hydrogens is 535 g/mol. The number of carbonyl (C=O) groups excluding carboxylic acids is 3. The van der Waals surface area contributed by atoms with E-state index in [4.69, 9.17) is 16.3 Å². The van der Waals surface area contributed by atoms with E-state index in [-0.39, 0.29) is 30.1 Å². The first-order valence-corrected chi connectivity index (χ1v) is 14.3. The van der Waals surface area contributed by atoms with Crippen molar-refractivity contribution in [1.82, 2.24) is 5.32 Å². The number of nitrogens with one attached hydrogen (secondary N) is 1. The van der Waals surface area contributed by atoms with E-state index in [9.17, 15) is 22.8 Å². The van der Waals surface area contributed by atoms with Crippen molar-refractivity contribution in [2.75, 3.05) is 10.7 Å². The van der Waals surface area contributed by atoms with Gasteiger partial charge in [-0.25, -0.2) is 17.6 Å². The lowest BCUT2D eigenvalue weighted by Crippen LogP contribution is -2.51. The van der Waals surface area contributed by atoms with Gasteiger partial charge in [0.15, 0.2) is 15.6 Å². The lowest BCUT2D eigenvalue weighted by molar-refractivity contribution is -0.120. The van der Waals surface area contributed by atoms with E-state index < -0.39 is 55.7 Å². The van der Waals surface area contributed by atoms with E-state index in [1.807, 2.05) is 13.8 Å². The summed E-state index contributed by atoms with van der Waals surface area (Å²) in [4.78, 5) is 39.8. The first kappa shape index (κ1) is 29.6. The van der Waals surface area contributed by atoms with E-state index in [2.05, 4.69) is 5.32 Å². The molecule has 8 nitrogen and oxygen atoms in total. The SMILES string of the molecule is CCC(C)CC(=O)c1cc2c(cc1F)S(=O)(=O)C[C@H](NC(=O)OC(C)(C)C)C(=O)N2Cc1ccc(Cl)cc1. The molecule has 2 amide bonds. The van der Waals surface area contributed by atoms with E-state index >= 15 is 4.39 Å². The number of anilines is 1. The Morgan fingerprint density at radius 1 is 1.21 bits per heavy atom. The standard InChI is InChI=1S/C27H32ClFN2O6S/c1-6-16(2)11-23(32)19-12-22-24(13-20(19)29)38(35,36)15-21(30-26(34)37-27(3,4)5)25(33)31(22)14-17-7-9-18(28)10-8-17/h7-10,12-13,16,21H,6,11,14-15H2,1-5H3,(H,30,34)/t16?,21-/m0/s1. The summed E-state index contributed by atoms with van der Waals surface area (Å²) in [6, 6.07) is 6.92. The monoisotopic (exact) mass is 566 g/mol. The van der Waals surface area contributed by atoms with Crippen molar-refractivity contribution in [3.8, 4) is 0 Å². The maximum absolute atomic E-state index is 15.2. The zero-order chi connectivity index (χ0) is 28.4. The van der Waals surface area contributed by atoms with Gasteiger partial charge in [-0.15, -0.1) is 0 Å². The van der Waals surface area contributed by atoms with Crippen LogP contribution in [0.4, 0.5) is 14.9 Å². The predicted molar refractivity (Wildman–Crippen MR) is 143 cm³/mol. The predicted octanol–water partition coefficient (Wildman–Crippen LogP) is 5.31. The van der Waals surface area contributed by atoms with Crippen molar-refractivity contribution >= 4 is 44.9 Å². The van der Waals surface area contributed by atoms with Crippen LogP contribution in [0.3, 0.4) is 0 Å². The number of rotatable bonds is 7. The van der Waals surface area contributed by atoms with Gasteiger partial charge in [0.25, 0.3) is 5.91 Å². The minimum absolute atomic E-state index is 0.0151. The van der Waals surface area contributed by atoms with Gasteiger partial charge in [0, 0.05) is 11.4 Å². The molecular formula is C27H32ClFN2O6S. The van der Waals surface area contributed by atoms with Crippen LogP contribution in [0.15, 0.2) is 41.3 Å². The van der Waals surface area contributed by atoms with E-state index in [0.29, 0.717) is 17.0 Å². The van der Waals surface area contributed by atoms with Crippen molar-refractivity contribution in [3.05, 3.63) is 58.4 Å². The van der Waals surface area contributed by atoms with Gasteiger partial charge in [0.05, 0.1) is 28.4 Å². The molecule has 206 valence electrons. The molecule has 0 aliphatic carbocycles. The summed E-state index contributed by atoms with van der Waals surface area (Å²) < 4.78 is 47.1. The van der Waals surface area contributed by atoms with Gasteiger partial charge in [-0.05, 0) is 56.5 Å². The molecule has 0 spiro atoms. The third-order valence-corrected chi connectivity index (χ3v) is 8.12. The van der Waals surface area contributed by atoms with Crippen molar-refractivity contribution in [2.45, 2.75) is 70.5 Å². The number of amides is 2. The molecule has 0 aromatic heterocycles. The topological polar surface area (TPSA) is 110 Å². The Morgan fingerprint density at radius 2 is 1.84 bits per heavy atom. The number of Topliss-reactive ketones (excluding diaryl/α,β-unsaturated/α-hetero) is 1. The van der Waals surface area contributed by atoms with Crippen LogP contribution < -0.4 is 10.2 Å². The largest absolute Gasteiger partial charge is 0.444 e. The highest BCUT2D eigenvalue weighted by Crippen LogP contribution is 2.35. The summed E-state index contributed by atoms with van der Waals surface area (Å²) in [5.41, 5.74) is -0.726. The minimum Gasteiger partial charge on any atom is -0.444 e. The smallest absolute Gasteiger partial charge is 0.408 e. The van der Waals surface area contributed by atoms with Crippen LogP contribution in [0.5, 0.6) is 0 Å². The number of benzene rings is 2. The fourth-order valence-corrected chi connectivity index (χ4v) is 5.71. The Hall–Kier alpha value is -2.98. The second-order valence-electron chi connectivity index (χ2n) is 10.5. The second kappa shape index (κ2) is 11.4. The second-order valence-corrected chi connectivity index (χ2v) is 12.9. The number of sulfone groups is 1. The Morgan fingerprint density at radius 3 is 2.42 bits per heavy atom. The number of alkyl carbamates (subject to hydrolysis) is 1. The summed E-state index contributed by atoms with van der Waals surface area (Å²) in [6.07, 6.45) is -0.210. The molecule has 0 radical (unpaired) electrons. The molecule has 38 heavy (non-hydrogen) atoms. The van der Waals surface area contributed by atoms with E-state index in [0.717, 1.165) is 17.0 Å². The number of ether oxygens (including phenoxy) is 1. The first-order chi connectivity index (χ1) is 17.6. The van der Waals surface area contributed by atoms with Gasteiger partial charge < -0.3 is 15.0 Å². The third-order valence-electron chi connectivity index (χ3n) is 6.10. The van der Waals surface area contributed by atoms with Crippen molar-refractivity contribution in [2.24, 2.45) is 5.92 Å². The molecule has 0 fully saturated rings. The summed E-state index contributed by atoms with van der Waals surface area (Å²) >= 11 is 5.99. The minimum atomic E-state index is -4.28.